The highest BCUT2D eigenvalue weighted by Gasteiger charge is 2.11. The van der Waals surface area contributed by atoms with E-state index in [0.29, 0.717) is 16.8 Å². The van der Waals surface area contributed by atoms with E-state index in [0.717, 1.165) is 16.5 Å². The van der Waals surface area contributed by atoms with Crippen molar-refractivity contribution >= 4 is 22.7 Å². The summed E-state index contributed by atoms with van der Waals surface area (Å²) in [5.74, 6) is 0.0687. The number of rotatable bonds is 6. The number of aromatic nitrogens is 1. The molecule has 5 nitrogen and oxygen atoms in total. The molecule has 0 radical (unpaired) electrons. The molecule has 0 saturated carbocycles. The molecule has 1 aromatic heterocycles. The van der Waals surface area contributed by atoms with E-state index in [-0.39, 0.29) is 18.3 Å². The number of ketones is 1. The number of esters is 1. The summed E-state index contributed by atoms with van der Waals surface area (Å²) in [5, 5.41) is 0.809. The molecule has 30 heavy (non-hydrogen) atoms. The quantitative estimate of drug-likeness (QED) is 0.258. The minimum Gasteiger partial charge on any atom is -0.469 e. The van der Waals surface area contributed by atoms with Crippen LogP contribution >= 0.6 is 0 Å². The van der Waals surface area contributed by atoms with Gasteiger partial charge in [0, 0.05) is 23.9 Å². The summed E-state index contributed by atoms with van der Waals surface area (Å²) < 4.78 is 10.8. The molecule has 148 valence electrons. The van der Waals surface area contributed by atoms with Crippen molar-refractivity contribution in [2.24, 2.45) is 0 Å². The molecule has 0 N–H and O–H groups in total. The Morgan fingerprint density at radius 1 is 0.800 bits per heavy atom. The maximum absolute atomic E-state index is 12.5. The number of hydrogen-bond acceptors (Lipinski definition) is 5. The summed E-state index contributed by atoms with van der Waals surface area (Å²) >= 11 is 0. The number of benzene rings is 3. The van der Waals surface area contributed by atoms with Gasteiger partial charge in [0.25, 0.3) is 0 Å². The molecule has 0 aliphatic heterocycles. The maximum atomic E-state index is 12.5. The normalized spacial score (nSPS) is 10.6. The van der Waals surface area contributed by atoms with Crippen LogP contribution in [0.25, 0.3) is 22.0 Å². The van der Waals surface area contributed by atoms with Crippen LogP contribution in [-0.4, -0.2) is 23.3 Å². The van der Waals surface area contributed by atoms with Crippen LogP contribution in [0.2, 0.25) is 0 Å². The lowest BCUT2D eigenvalue weighted by atomic mass is 10.0. The van der Waals surface area contributed by atoms with E-state index in [1.54, 1.807) is 30.3 Å². The fourth-order valence-corrected chi connectivity index (χ4v) is 3.12. The van der Waals surface area contributed by atoms with Gasteiger partial charge >= 0.3 is 5.97 Å². The van der Waals surface area contributed by atoms with Gasteiger partial charge in [-0.05, 0) is 23.3 Å². The van der Waals surface area contributed by atoms with Crippen LogP contribution < -0.4 is 9.47 Å². The number of ether oxygens (including phenoxy) is 2. The fraction of sp³-hybridized carbons (Fsp3) is 0.0800. The number of Topliss-reactive ketones (excluding diaryl/α,β-unsaturated/α-hetero) is 1. The molecule has 0 aliphatic carbocycles. The highest BCUT2D eigenvalue weighted by Crippen LogP contribution is 2.26. The molecule has 0 unspecified atom stereocenters. The average Bonchev–Trinajstić information content (AvgIpc) is 2.78. The first-order valence-electron chi connectivity index (χ1n) is 9.50. The lowest BCUT2D eigenvalue weighted by Crippen LogP contribution is -2.12. The average molecular weight is 397 g/mol. The van der Waals surface area contributed by atoms with E-state index >= 15 is 0 Å². The maximum Gasteiger partial charge on any atom is 0.308 e. The Morgan fingerprint density at radius 3 is 2.27 bits per heavy atom. The molecule has 3 aromatic carbocycles. The van der Waals surface area contributed by atoms with Gasteiger partial charge in [-0.2, -0.15) is 0 Å². The zero-order valence-electron chi connectivity index (χ0n) is 16.4. The number of carbonyl (C=O) groups is 2. The zero-order valence-corrected chi connectivity index (χ0v) is 16.4. The van der Waals surface area contributed by atoms with Crippen molar-refractivity contribution < 1.29 is 19.1 Å². The van der Waals surface area contributed by atoms with Gasteiger partial charge in [0.05, 0.1) is 0 Å². The minimum atomic E-state index is -0.426. The van der Waals surface area contributed by atoms with Crippen LogP contribution in [0.5, 0.6) is 11.6 Å². The van der Waals surface area contributed by atoms with Gasteiger partial charge in [0.15, 0.2) is 18.1 Å². The predicted molar refractivity (Wildman–Crippen MR) is 115 cm³/mol. The zero-order chi connectivity index (χ0) is 20.9. The third-order valence-electron chi connectivity index (χ3n) is 4.58. The van der Waals surface area contributed by atoms with Crippen molar-refractivity contribution in [1.82, 2.24) is 4.98 Å². The van der Waals surface area contributed by atoms with Gasteiger partial charge in [-0.1, -0.05) is 66.7 Å². The molecule has 0 saturated heterocycles. The van der Waals surface area contributed by atoms with Crippen LogP contribution in [0.3, 0.4) is 0 Å². The van der Waals surface area contributed by atoms with Crippen molar-refractivity contribution in [1.29, 1.82) is 0 Å². The Balaban J connectivity index is 1.47. The smallest absolute Gasteiger partial charge is 0.308 e. The summed E-state index contributed by atoms with van der Waals surface area (Å²) in [6, 6.07) is 26.2. The van der Waals surface area contributed by atoms with E-state index < -0.39 is 5.97 Å². The van der Waals surface area contributed by atoms with Crippen LogP contribution in [-0.2, 0) is 4.79 Å². The van der Waals surface area contributed by atoms with Gasteiger partial charge < -0.3 is 9.47 Å². The van der Waals surface area contributed by atoms with Crippen molar-refractivity contribution in [3.63, 3.8) is 0 Å². The van der Waals surface area contributed by atoms with Crippen LogP contribution in [0.1, 0.15) is 17.3 Å². The fourth-order valence-electron chi connectivity index (χ4n) is 3.12. The molecular weight excluding hydrogens is 378 g/mol. The van der Waals surface area contributed by atoms with Crippen LogP contribution in [0.15, 0.2) is 84.9 Å². The third kappa shape index (κ3) is 4.36. The standard InChI is InChI=1S/C25H19NO4/c1-17(27)30-23-9-5-8-21-14-15-24(26-25(21)23)29-16-22(28)20-12-10-19(11-13-20)18-6-3-2-4-7-18/h2-15H,16H2,1H3. The predicted octanol–water partition coefficient (Wildman–Crippen LogP) is 5.09. The van der Waals surface area contributed by atoms with Gasteiger partial charge in [-0.15, -0.1) is 0 Å². The molecule has 4 rings (SSSR count). The van der Waals surface area contributed by atoms with E-state index in [2.05, 4.69) is 4.98 Å². The van der Waals surface area contributed by atoms with E-state index in [1.807, 2.05) is 54.6 Å². The molecule has 0 aliphatic rings. The Kier molecular flexibility index (Phi) is 5.52. The number of nitrogens with zero attached hydrogens (tertiary/aromatic N) is 1. The van der Waals surface area contributed by atoms with Crippen LogP contribution in [0.4, 0.5) is 0 Å². The topological polar surface area (TPSA) is 65.5 Å². The highest BCUT2D eigenvalue weighted by atomic mass is 16.5. The molecule has 0 atom stereocenters. The molecule has 0 bridgehead atoms. The summed E-state index contributed by atoms with van der Waals surface area (Å²) in [6.45, 7) is 1.19. The minimum absolute atomic E-state index is 0.140. The molecular formula is C25H19NO4. The first-order valence-corrected chi connectivity index (χ1v) is 9.50. The Hall–Kier alpha value is -3.99. The lowest BCUT2D eigenvalue weighted by Gasteiger charge is -2.09. The Labute approximate surface area is 173 Å². The van der Waals surface area contributed by atoms with E-state index in [4.69, 9.17) is 9.47 Å². The van der Waals surface area contributed by atoms with Crippen LogP contribution in [0, 0.1) is 0 Å². The second-order valence-corrected chi connectivity index (χ2v) is 6.73. The number of para-hydroxylation sites is 1. The number of hydrogen-bond donors (Lipinski definition) is 0. The molecule has 4 aromatic rings. The molecule has 0 amide bonds. The summed E-state index contributed by atoms with van der Waals surface area (Å²) in [5.41, 5.74) is 3.21. The first kappa shape index (κ1) is 19.3. The van der Waals surface area contributed by atoms with Gasteiger partial charge in [0.1, 0.15) is 5.52 Å². The Morgan fingerprint density at radius 2 is 1.53 bits per heavy atom. The second-order valence-electron chi connectivity index (χ2n) is 6.73. The molecule has 5 heteroatoms. The van der Waals surface area contributed by atoms with Crippen molar-refractivity contribution in [3.05, 3.63) is 90.5 Å². The van der Waals surface area contributed by atoms with Crippen molar-refractivity contribution in [2.75, 3.05) is 6.61 Å². The highest BCUT2D eigenvalue weighted by molar-refractivity contribution is 5.97. The first-order chi connectivity index (χ1) is 14.6. The summed E-state index contributed by atoms with van der Waals surface area (Å²) in [7, 11) is 0. The molecule has 0 spiro atoms. The second kappa shape index (κ2) is 8.57. The van der Waals surface area contributed by atoms with Crippen molar-refractivity contribution in [2.45, 2.75) is 6.92 Å². The number of fused-ring (bicyclic) bond motifs is 1. The largest absolute Gasteiger partial charge is 0.469 e. The number of pyridine rings is 1. The van der Waals surface area contributed by atoms with E-state index in [9.17, 15) is 9.59 Å². The summed E-state index contributed by atoms with van der Waals surface area (Å²) in [6.07, 6.45) is 0. The summed E-state index contributed by atoms with van der Waals surface area (Å²) in [4.78, 5) is 28.2. The van der Waals surface area contributed by atoms with E-state index in [1.165, 1.54) is 6.92 Å². The number of carbonyl (C=O) groups excluding carboxylic acids is 2. The van der Waals surface area contributed by atoms with Gasteiger partial charge in [-0.25, -0.2) is 4.98 Å². The monoisotopic (exact) mass is 397 g/mol. The molecule has 1 heterocycles. The third-order valence-corrected chi connectivity index (χ3v) is 4.58. The lowest BCUT2D eigenvalue weighted by molar-refractivity contribution is -0.131. The van der Waals surface area contributed by atoms with Gasteiger partial charge in [0.2, 0.25) is 5.88 Å². The Bertz CT molecular complexity index is 1200. The SMILES string of the molecule is CC(=O)Oc1cccc2ccc(OCC(=O)c3ccc(-c4ccccc4)cc3)nc12. The van der Waals surface area contributed by atoms with Gasteiger partial charge in [-0.3, -0.25) is 9.59 Å². The molecule has 0 fully saturated rings. The van der Waals surface area contributed by atoms with Crippen molar-refractivity contribution in [3.8, 4) is 22.8 Å².